The van der Waals surface area contributed by atoms with Gasteiger partial charge in [0, 0.05) is 18.3 Å². The van der Waals surface area contributed by atoms with Crippen LogP contribution in [0.15, 0.2) is 29.2 Å². The maximum Gasteiger partial charge on any atom is 0.240 e. The van der Waals surface area contributed by atoms with Gasteiger partial charge >= 0.3 is 0 Å². The lowest BCUT2D eigenvalue weighted by Crippen LogP contribution is -2.37. The molecule has 0 aromatic heterocycles. The molecule has 3 atom stereocenters. The number of nitrogens with one attached hydrogen (secondary N) is 2. The molecular weight excluding hydrogens is 284 g/mol. The molecule has 0 bridgehead atoms. The van der Waals surface area contributed by atoms with E-state index in [0.29, 0.717) is 16.7 Å². The van der Waals surface area contributed by atoms with E-state index in [2.05, 4.69) is 30.8 Å². The van der Waals surface area contributed by atoms with Gasteiger partial charge in [-0.3, -0.25) is 0 Å². The molecule has 1 saturated carbocycles. The molecule has 1 aromatic rings. The van der Waals surface area contributed by atoms with Crippen LogP contribution in [0.25, 0.3) is 0 Å². The Bertz CT molecular complexity index is 554. The minimum Gasteiger partial charge on any atom is -0.385 e. The van der Waals surface area contributed by atoms with Crippen LogP contribution in [0.1, 0.15) is 40.0 Å². The standard InChI is InChI=1S/C16H26N2O2S/c1-4-11-17-14-6-8-15(9-7-14)21(19,20)18-16-10-5-12(2)13(16)3/h6-9,12-13,16-18H,4-5,10-11H2,1-3H3. The summed E-state index contributed by atoms with van der Waals surface area (Å²) in [4.78, 5) is 0.344. The molecule has 21 heavy (non-hydrogen) atoms. The van der Waals surface area contributed by atoms with Crippen LogP contribution in [0.4, 0.5) is 5.69 Å². The highest BCUT2D eigenvalue weighted by Crippen LogP contribution is 2.32. The Hall–Kier alpha value is -1.07. The highest BCUT2D eigenvalue weighted by Gasteiger charge is 2.32. The van der Waals surface area contributed by atoms with Gasteiger partial charge in [0.25, 0.3) is 0 Å². The molecule has 2 N–H and O–H groups in total. The molecule has 4 nitrogen and oxygen atoms in total. The van der Waals surface area contributed by atoms with Gasteiger partial charge in [0.1, 0.15) is 0 Å². The van der Waals surface area contributed by atoms with E-state index in [0.717, 1.165) is 31.5 Å². The van der Waals surface area contributed by atoms with Gasteiger partial charge in [0.05, 0.1) is 4.90 Å². The topological polar surface area (TPSA) is 58.2 Å². The SMILES string of the molecule is CCCNc1ccc(S(=O)(=O)NC2CCC(C)C2C)cc1. The molecule has 0 amide bonds. The smallest absolute Gasteiger partial charge is 0.240 e. The van der Waals surface area contributed by atoms with E-state index in [9.17, 15) is 8.42 Å². The third-order valence-corrected chi connectivity index (χ3v) is 6.02. The zero-order chi connectivity index (χ0) is 15.5. The number of hydrogen-bond donors (Lipinski definition) is 2. The summed E-state index contributed by atoms with van der Waals surface area (Å²) in [6.45, 7) is 7.30. The molecule has 5 heteroatoms. The molecule has 1 fully saturated rings. The molecule has 118 valence electrons. The Morgan fingerprint density at radius 1 is 1.14 bits per heavy atom. The van der Waals surface area contributed by atoms with Crippen molar-refractivity contribution in [3.05, 3.63) is 24.3 Å². The van der Waals surface area contributed by atoms with Gasteiger partial charge in [-0.1, -0.05) is 20.8 Å². The normalized spacial score (nSPS) is 26.0. The van der Waals surface area contributed by atoms with Crippen LogP contribution < -0.4 is 10.0 Å². The van der Waals surface area contributed by atoms with E-state index in [-0.39, 0.29) is 6.04 Å². The average molecular weight is 310 g/mol. The fourth-order valence-electron chi connectivity index (χ4n) is 2.82. The van der Waals surface area contributed by atoms with Crippen LogP contribution in [-0.2, 0) is 10.0 Å². The van der Waals surface area contributed by atoms with Gasteiger partial charge in [0.15, 0.2) is 0 Å². The fourth-order valence-corrected chi connectivity index (χ4v) is 4.18. The predicted octanol–water partition coefficient (Wildman–Crippen LogP) is 3.22. The van der Waals surface area contributed by atoms with E-state index < -0.39 is 10.0 Å². The molecule has 0 aliphatic heterocycles. The van der Waals surface area contributed by atoms with Crippen molar-refractivity contribution in [1.82, 2.24) is 4.72 Å². The van der Waals surface area contributed by atoms with Crippen molar-refractivity contribution in [2.75, 3.05) is 11.9 Å². The Morgan fingerprint density at radius 2 is 1.81 bits per heavy atom. The minimum atomic E-state index is -3.42. The third-order valence-electron chi connectivity index (χ3n) is 4.52. The second kappa shape index (κ2) is 6.79. The van der Waals surface area contributed by atoms with Gasteiger partial charge in [0.2, 0.25) is 10.0 Å². The Kier molecular flexibility index (Phi) is 5.27. The zero-order valence-corrected chi connectivity index (χ0v) is 13.9. The number of rotatable bonds is 6. The van der Waals surface area contributed by atoms with Crippen molar-refractivity contribution in [3.63, 3.8) is 0 Å². The fraction of sp³-hybridized carbons (Fsp3) is 0.625. The lowest BCUT2D eigenvalue weighted by atomic mass is 9.98. The maximum atomic E-state index is 12.4. The number of anilines is 1. The molecule has 0 spiro atoms. The van der Waals surface area contributed by atoms with Crippen LogP contribution in [0.2, 0.25) is 0 Å². The van der Waals surface area contributed by atoms with Gasteiger partial charge in [-0.25, -0.2) is 13.1 Å². The van der Waals surface area contributed by atoms with E-state index in [4.69, 9.17) is 0 Å². The molecular formula is C16H26N2O2S. The van der Waals surface area contributed by atoms with Gasteiger partial charge in [-0.05, 0) is 55.4 Å². The second-order valence-corrected chi connectivity index (χ2v) is 7.81. The predicted molar refractivity (Wildman–Crippen MR) is 86.9 cm³/mol. The van der Waals surface area contributed by atoms with Crippen LogP contribution >= 0.6 is 0 Å². The zero-order valence-electron chi connectivity index (χ0n) is 13.1. The summed E-state index contributed by atoms with van der Waals surface area (Å²) in [5.41, 5.74) is 0.957. The lowest BCUT2D eigenvalue weighted by Gasteiger charge is -2.19. The molecule has 1 aliphatic carbocycles. The largest absolute Gasteiger partial charge is 0.385 e. The minimum absolute atomic E-state index is 0.0582. The van der Waals surface area contributed by atoms with Crippen LogP contribution in [0.5, 0.6) is 0 Å². The number of benzene rings is 1. The van der Waals surface area contributed by atoms with Crippen LogP contribution in [0, 0.1) is 11.8 Å². The highest BCUT2D eigenvalue weighted by molar-refractivity contribution is 7.89. The summed E-state index contributed by atoms with van der Waals surface area (Å²) in [6.07, 6.45) is 3.06. The first-order valence-corrected chi connectivity index (χ1v) is 9.28. The lowest BCUT2D eigenvalue weighted by molar-refractivity contribution is 0.402. The van der Waals surface area contributed by atoms with Gasteiger partial charge < -0.3 is 5.32 Å². The van der Waals surface area contributed by atoms with Crippen molar-refractivity contribution in [2.24, 2.45) is 11.8 Å². The first-order chi connectivity index (χ1) is 9.94. The molecule has 0 saturated heterocycles. The summed E-state index contributed by atoms with van der Waals surface area (Å²) in [6, 6.07) is 7.05. The van der Waals surface area contributed by atoms with Gasteiger partial charge in [-0.15, -0.1) is 0 Å². The maximum absolute atomic E-state index is 12.4. The molecule has 2 rings (SSSR count). The molecule has 3 unspecified atom stereocenters. The number of sulfonamides is 1. The molecule has 0 radical (unpaired) electrons. The van der Waals surface area contributed by atoms with Crippen molar-refractivity contribution < 1.29 is 8.42 Å². The van der Waals surface area contributed by atoms with Crippen molar-refractivity contribution in [2.45, 2.75) is 51.0 Å². The monoisotopic (exact) mass is 310 g/mol. The summed E-state index contributed by atoms with van der Waals surface area (Å²) >= 11 is 0. The molecule has 1 aliphatic rings. The summed E-state index contributed by atoms with van der Waals surface area (Å²) in [5, 5.41) is 3.24. The Labute approximate surface area is 128 Å². The summed E-state index contributed by atoms with van der Waals surface area (Å²) in [7, 11) is -3.42. The van der Waals surface area contributed by atoms with Crippen molar-refractivity contribution >= 4 is 15.7 Å². The average Bonchev–Trinajstić information content (AvgIpc) is 2.77. The Balaban J connectivity index is 2.05. The molecule has 1 aromatic carbocycles. The van der Waals surface area contributed by atoms with Crippen molar-refractivity contribution in [1.29, 1.82) is 0 Å². The van der Waals surface area contributed by atoms with Crippen molar-refractivity contribution in [3.8, 4) is 0 Å². The summed E-state index contributed by atoms with van der Waals surface area (Å²) < 4.78 is 27.7. The molecule has 0 heterocycles. The van der Waals surface area contributed by atoms with E-state index >= 15 is 0 Å². The third kappa shape index (κ3) is 3.98. The Morgan fingerprint density at radius 3 is 2.33 bits per heavy atom. The first-order valence-electron chi connectivity index (χ1n) is 7.80. The first kappa shape index (κ1) is 16.3. The highest BCUT2D eigenvalue weighted by atomic mass is 32.2. The van der Waals surface area contributed by atoms with Crippen LogP contribution in [-0.4, -0.2) is 21.0 Å². The van der Waals surface area contributed by atoms with E-state index in [1.54, 1.807) is 12.1 Å². The second-order valence-electron chi connectivity index (χ2n) is 6.09. The quantitative estimate of drug-likeness (QED) is 0.848. The van der Waals surface area contributed by atoms with E-state index in [1.165, 1.54) is 0 Å². The van der Waals surface area contributed by atoms with Crippen LogP contribution in [0.3, 0.4) is 0 Å². The summed E-state index contributed by atoms with van der Waals surface area (Å²) in [5.74, 6) is 0.976. The van der Waals surface area contributed by atoms with E-state index in [1.807, 2.05) is 12.1 Å². The number of hydrogen-bond acceptors (Lipinski definition) is 3. The van der Waals surface area contributed by atoms with Gasteiger partial charge in [-0.2, -0.15) is 0 Å².